The molecule has 2 aromatic rings. The average molecular weight is 298 g/mol. The first-order valence-electron chi connectivity index (χ1n) is 7.75. The number of carbonyl (C=O) groups excluding carboxylic acids is 1. The molecule has 1 unspecified atom stereocenters. The number of aryl methyl sites for hydroxylation is 2. The van der Waals surface area contributed by atoms with Gasteiger partial charge in [-0.25, -0.2) is 4.68 Å². The van der Waals surface area contributed by atoms with Gasteiger partial charge in [-0.05, 0) is 57.0 Å². The molecule has 1 aromatic heterocycles. The number of amides is 1. The van der Waals surface area contributed by atoms with Crippen LogP contribution in [0.15, 0.2) is 30.3 Å². The Balaban J connectivity index is 1.82. The van der Waals surface area contributed by atoms with Crippen molar-refractivity contribution in [1.29, 1.82) is 0 Å². The highest BCUT2D eigenvalue weighted by atomic mass is 16.2. The van der Waals surface area contributed by atoms with E-state index in [4.69, 9.17) is 5.73 Å². The number of carbonyl (C=O) groups is 1. The lowest BCUT2D eigenvalue weighted by Gasteiger charge is -2.23. The fourth-order valence-electron chi connectivity index (χ4n) is 3.15. The summed E-state index contributed by atoms with van der Waals surface area (Å²) in [5, 5.41) is 4.46. The number of aromatic nitrogens is 2. The molecule has 0 saturated carbocycles. The molecule has 0 spiro atoms. The number of nitrogens with zero attached hydrogens (tertiary/aromatic N) is 3. The molecule has 0 bridgehead atoms. The number of benzene rings is 1. The molecule has 1 aromatic carbocycles. The van der Waals surface area contributed by atoms with Crippen LogP contribution in [0, 0.1) is 13.8 Å². The predicted octanol–water partition coefficient (Wildman–Crippen LogP) is 2.05. The quantitative estimate of drug-likeness (QED) is 0.943. The molecule has 1 amide bonds. The van der Waals surface area contributed by atoms with Gasteiger partial charge in [0.2, 0.25) is 0 Å². The summed E-state index contributed by atoms with van der Waals surface area (Å²) in [5.74, 6) is 0.0767. The maximum atomic E-state index is 12.6. The summed E-state index contributed by atoms with van der Waals surface area (Å²) < 4.78 is 1.89. The minimum atomic E-state index is 0.0767. The smallest absolute Gasteiger partial charge is 0.254 e. The van der Waals surface area contributed by atoms with Gasteiger partial charge in [-0.3, -0.25) is 4.79 Å². The third-order valence-corrected chi connectivity index (χ3v) is 4.28. The molecule has 3 rings (SSSR count). The third-order valence-electron chi connectivity index (χ3n) is 4.28. The van der Waals surface area contributed by atoms with Crippen LogP contribution < -0.4 is 5.73 Å². The van der Waals surface area contributed by atoms with Crippen LogP contribution >= 0.6 is 0 Å². The van der Waals surface area contributed by atoms with Crippen molar-refractivity contribution in [2.75, 3.05) is 13.1 Å². The number of hydrogen-bond acceptors (Lipinski definition) is 3. The Kier molecular flexibility index (Phi) is 3.98. The largest absolute Gasteiger partial charge is 0.334 e. The van der Waals surface area contributed by atoms with E-state index in [1.54, 1.807) is 0 Å². The lowest BCUT2D eigenvalue weighted by atomic mass is 10.1. The standard InChI is InChI=1S/C17H22N4O/c1-12-10-13(2)21(19-12)15-7-5-14(6-8-15)17(22)20-9-3-4-16(20)11-18/h5-8,10,16H,3-4,9,11,18H2,1-2H3. The highest BCUT2D eigenvalue weighted by molar-refractivity contribution is 5.94. The van der Waals surface area contributed by atoms with Gasteiger partial charge in [0.1, 0.15) is 0 Å². The highest BCUT2D eigenvalue weighted by Gasteiger charge is 2.28. The van der Waals surface area contributed by atoms with Crippen LogP contribution in [0.3, 0.4) is 0 Å². The van der Waals surface area contributed by atoms with E-state index >= 15 is 0 Å². The zero-order valence-corrected chi connectivity index (χ0v) is 13.1. The van der Waals surface area contributed by atoms with Crippen molar-refractivity contribution >= 4 is 5.91 Å². The Morgan fingerprint density at radius 3 is 2.64 bits per heavy atom. The molecule has 2 N–H and O–H groups in total. The van der Waals surface area contributed by atoms with E-state index in [2.05, 4.69) is 5.10 Å². The molecule has 22 heavy (non-hydrogen) atoms. The summed E-state index contributed by atoms with van der Waals surface area (Å²) in [5.41, 5.74) is 9.51. The first-order chi connectivity index (χ1) is 10.6. The normalized spacial score (nSPS) is 18.0. The Labute approximate surface area is 130 Å². The van der Waals surface area contributed by atoms with Crippen LogP contribution in [0.4, 0.5) is 0 Å². The molecule has 5 nitrogen and oxygen atoms in total. The molecule has 1 fully saturated rings. The SMILES string of the molecule is Cc1cc(C)n(-c2ccc(C(=O)N3CCCC3CN)cc2)n1. The Morgan fingerprint density at radius 2 is 2.05 bits per heavy atom. The van der Waals surface area contributed by atoms with E-state index in [0.29, 0.717) is 12.1 Å². The average Bonchev–Trinajstić information content (AvgIpc) is 3.12. The fraction of sp³-hybridized carbons (Fsp3) is 0.412. The van der Waals surface area contributed by atoms with Crippen molar-refractivity contribution in [1.82, 2.24) is 14.7 Å². The first-order valence-corrected chi connectivity index (χ1v) is 7.75. The Hall–Kier alpha value is -2.14. The lowest BCUT2D eigenvalue weighted by molar-refractivity contribution is 0.0741. The molecule has 0 aliphatic carbocycles. The van der Waals surface area contributed by atoms with E-state index in [0.717, 1.165) is 36.5 Å². The van der Waals surface area contributed by atoms with Crippen molar-refractivity contribution in [3.63, 3.8) is 0 Å². The van der Waals surface area contributed by atoms with Gasteiger partial charge in [0.15, 0.2) is 0 Å². The maximum Gasteiger partial charge on any atom is 0.254 e. The van der Waals surface area contributed by atoms with Crippen LogP contribution in [0.1, 0.15) is 34.6 Å². The van der Waals surface area contributed by atoms with Crippen LogP contribution in [0.25, 0.3) is 5.69 Å². The van der Waals surface area contributed by atoms with Crippen molar-refractivity contribution in [2.45, 2.75) is 32.7 Å². The zero-order chi connectivity index (χ0) is 15.7. The molecule has 5 heteroatoms. The summed E-state index contributed by atoms with van der Waals surface area (Å²) in [4.78, 5) is 14.5. The lowest BCUT2D eigenvalue weighted by Crippen LogP contribution is -2.39. The molecule has 0 radical (unpaired) electrons. The van der Waals surface area contributed by atoms with Gasteiger partial charge in [0.25, 0.3) is 5.91 Å². The minimum absolute atomic E-state index is 0.0767. The van der Waals surface area contributed by atoms with Crippen molar-refractivity contribution < 1.29 is 4.79 Å². The van der Waals surface area contributed by atoms with E-state index < -0.39 is 0 Å². The molecule has 1 aliphatic heterocycles. The second-order valence-corrected chi connectivity index (χ2v) is 5.92. The number of rotatable bonds is 3. The third kappa shape index (κ3) is 2.64. The Bertz CT molecular complexity index is 674. The van der Waals surface area contributed by atoms with Crippen LogP contribution in [-0.4, -0.2) is 39.7 Å². The molecule has 1 aliphatic rings. The Morgan fingerprint density at radius 1 is 1.32 bits per heavy atom. The van der Waals surface area contributed by atoms with Gasteiger partial charge < -0.3 is 10.6 Å². The highest BCUT2D eigenvalue weighted by Crippen LogP contribution is 2.20. The second-order valence-electron chi connectivity index (χ2n) is 5.92. The van der Waals surface area contributed by atoms with Crippen molar-refractivity contribution in [3.8, 4) is 5.69 Å². The van der Waals surface area contributed by atoms with Gasteiger partial charge >= 0.3 is 0 Å². The summed E-state index contributed by atoms with van der Waals surface area (Å²) in [6, 6.07) is 9.86. The summed E-state index contributed by atoms with van der Waals surface area (Å²) in [6.07, 6.45) is 2.05. The van der Waals surface area contributed by atoms with Gasteiger partial charge in [-0.15, -0.1) is 0 Å². The first kappa shape index (κ1) is 14.8. The van der Waals surface area contributed by atoms with Gasteiger partial charge in [-0.2, -0.15) is 5.10 Å². The van der Waals surface area contributed by atoms with Gasteiger partial charge in [0.05, 0.1) is 11.4 Å². The zero-order valence-electron chi connectivity index (χ0n) is 13.1. The number of nitrogens with two attached hydrogens (primary N) is 1. The van der Waals surface area contributed by atoms with E-state index in [-0.39, 0.29) is 11.9 Å². The molecule has 116 valence electrons. The molecule has 1 atom stereocenters. The number of likely N-dealkylation sites (tertiary alicyclic amines) is 1. The number of hydrogen-bond donors (Lipinski definition) is 1. The molecular weight excluding hydrogens is 276 g/mol. The molecule has 2 heterocycles. The van der Waals surface area contributed by atoms with Crippen LogP contribution in [0.5, 0.6) is 0 Å². The minimum Gasteiger partial charge on any atom is -0.334 e. The molecular formula is C17H22N4O. The van der Waals surface area contributed by atoms with E-state index in [9.17, 15) is 4.79 Å². The van der Waals surface area contributed by atoms with Crippen LogP contribution in [-0.2, 0) is 0 Å². The predicted molar refractivity (Wildman–Crippen MR) is 86.2 cm³/mol. The monoisotopic (exact) mass is 298 g/mol. The summed E-state index contributed by atoms with van der Waals surface area (Å²) >= 11 is 0. The summed E-state index contributed by atoms with van der Waals surface area (Å²) in [7, 11) is 0. The van der Waals surface area contributed by atoms with Gasteiger partial charge in [0, 0.05) is 30.4 Å². The van der Waals surface area contributed by atoms with E-state index in [1.165, 1.54) is 0 Å². The topological polar surface area (TPSA) is 64.2 Å². The van der Waals surface area contributed by atoms with Crippen LogP contribution in [0.2, 0.25) is 0 Å². The van der Waals surface area contributed by atoms with Crippen molar-refractivity contribution in [3.05, 3.63) is 47.3 Å². The maximum absolute atomic E-state index is 12.6. The van der Waals surface area contributed by atoms with Crippen molar-refractivity contribution in [2.24, 2.45) is 5.73 Å². The second kappa shape index (κ2) is 5.93. The van der Waals surface area contributed by atoms with E-state index in [1.807, 2.05) is 53.8 Å². The molecule has 1 saturated heterocycles. The van der Waals surface area contributed by atoms with Gasteiger partial charge in [-0.1, -0.05) is 0 Å². The summed E-state index contributed by atoms with van der Waals surface area (Å²) in [6.45, 7) is 5.34. The fourth-order valence-corrected chi connectivity index (χ4v) is 3.15.